The number of benzene rings is 1. The number of aliphatic hydroxyl groups excluding tert-OH is 1. The lowest BCUT2D eigenvalue weighted by molar-refractivity contribution is -0.0793. The van der Waals surface area contributed by atoms with Gasteiger partial charge >= 0.3 is 0 Å². The summed E-state index contributed by atoms with van der Waals surface area (Å²) < 4.78 is 0. The number of rotatable bonds is 7. The summed E-state index contributed by atoms with van der Waals surface area (Å²) in [4.78, 5) is 0. The maximum Gasteiger partial charge on any atom is 0.0883 e. The molecule has 0 aliphatic heterocycles. The van der Waals surface area contributed by atoms with E-state index in [9.17, 15) is 10.2 Å². The minimum absolute atomic E-state index is 0.0356. The quantitative estimate of drug-likeness (QED) is 0.599. The second kappa shape index (κ2) is 7.39. The third-order valence-electron chi connectivity index (χ3n) is 4.44. The van der Waals surface area contributed by atoms with E-state index >= 15 is 0 Å². The van der Waals surface area contributed by atoms with Crippen molar-refractivity contribution in [1.82, 2.24) is 0 Å². The van der Waals surface area contributed by atoms with Crippen molar-refractivity contribution in [1.29, 1.82) is 0 Å². The van der Waals surface area contributed by atoms with Gasteiger partial charge in [0.1, 0.15) is 0 Å². The van der Waals surface area contributed by atoms with Gasteiger partial charge < -0.3 is 10.2 Å². The van der Waals surface area contributed by atoms with Crippen LogP contribution in [-0.2, 0) is 0 Å². The van der Waals surface area contributed by atoms with Crippen molar-refractivity contribution in [3.63, 3.8) is 0 Å². The highest BCUT2D eigenvalue weighted by atomic mass is 28.3. The van der Waals surface area contributed by atoms with Crippen molar-refractivity contribution in [2.75, 3.05) is 0 Å². The smallest absolute Gasteiger partial charge is 0.0883 e. The maximum absolute atomic E-state index is 10.6. The zero-order valence-electron chi connectivity index (χ0n) is 14.0. The normalized spacial score (nSPS) is 18.4. The Hall–Kier alpha value is -0.903. The Morgan fingerprint density at radius 3 is 2.33 bits per heavy atom. The molecule has 0 amide bonds. The van der Waals surface area contributed by atoms with E-state index in [4.69, 9.17) is 0 Å². The summed E-state index contributed by atoms with van der Waals surface area (Å²) >= 11 is 0. The lowest BCUT2D eigenvalue weighted by Crippen LogP contribution is -2.47. The summed E-state index contributed by atoms with van der Waals surface area (Å²) in [6.45, 7) is 10.3. The van der Waals surface area contributed by atoms with E-state index in [1.54, 1.807) is 6.92 Å². The molecule has 0 fully saturated rings. The molecule has 118 valence electrons. The van der Waals surface area contributed by atoms with Crippen LogP contribution >= 0.6 is 0 Å². The molecule has 0 bridgehead atoms. The van der Waals surface area contributed by atoms with E-state index in [0.717, 1.165) is 6.04 Å². The van der Waals surface area contributed by atoms with Crippen molar-refractivity contribution < 1.29 is 10.2 Å². The Morgan fingerprint density at radius 2 is 1.81 bits per heavy atom. The monoisotopic (exact) mass is 306 g/mol. The van der Waals surface area contributed by atoms with Crippen LogP contribution in [-0.4, -0.2) is 30.0 Å². The fraction of sp³-hybridized carbons (Fsp3) is 0.556. The largest absolute Gasteiger partial charge is 0.390 e. The predicted molar refractivity (Wildman–Crippen MR) is 93.6 cm³/mol. The highest BCUT2D eigenvalue weighted by Crippen LogP contribution is 2.27. The van der Waals surface area contributed by atoms with E-state index < -0.39 is 19.8 Å². The molecule has 0 spiro atoms. The van der Waals surface area contributed by atoms with Gasteiger partial charge in [-0.25, -0.2) is 0 Å². The average Bonchev–Trinajstić information content (AvgIpc) is 2.46. The average molecular weight is 307 g/mol. The molecule has 3 atom stereocenters. The first-order valence-corrected chi connectivity index (χ1v) is 11.0. The summed E-state index contributed by atoms with van der Waals surface area (Å²) in [6, 6.07) is 11.5. The lowest BCUT2D eigenvalue weighted by atomic mass is 9.87. The van der Waals surface area contributed by atoms with Crippen LogP contribution in [0.25, 0.3) is 0 Å². The van der Waals surface area contributed by atoms with E-state index in [0.29, 0.717) is 6.42 Å². The van der Waals surface area contributed by atoms with Gasteiger partial charge in [-0.15, -0.1) is 0 Å². The number of aliphatic hydroxyl groups is 2. The molecular weight excluding hydrogens is 276 g/mol. The Bertz CT molecular complexity index is 452. The Balaban J connectivity index is 2.72. The first-order valence-electron chi connectivity index (χ1n) is 7.79. The fourth-order valence-electron chi connectivity index (χ4n) is 2.72. The summed E-state index contributed by atoms with van der Waals surface area (Å²) in [5.74, 6) is -0.0356. The molecule has 2 N–H and O–H groups in total. The fourth-order valence-corrected chi connectivity index (χ4v) is 5.24. The molecule has 1 aromatic carbocycles. The summed E-state index contributed by atoms with van der Waals surface area (Å²) in [6.07, 6.45) is 3.77. The second-order valence-corrected chi connectivity index (χ2v) is 11.8. The highest BCUT2D eigenvalue weighted by molar-refractivity contribution is 6.89. The molecule has 1 aromatic rings. The third-order valence-corrected chi connectivity index (χ3v) is 7.84. The van der Waals surface area contributed by atoms with E-state index in [2.05, 4.69) is 37.4 Å². The molecule has 0 aliphatic rings. The molecular formula is C18H30O2Si. The lowest BCUT2D eigenvalue weighted by Gasteiger charge is -2.35. The van der Waals surface area contributed by atoms with Crippen LogP contribution in [0.4, 0.5) is 0 Å². The highest BCUT2D eigenvalue weighted by Gasteiger charge is 2.35. The zero-order valence-corrected chi connectivity index (χ0v) is 15.0. The number of hydrogen-bond donors (Lipinski definition) is 2. The summed E-state index contributed by atoms with van der Waals surface area (Å²) in [5.41, 5.74) is -1.04. The van der Waals surface area contributed by atoms with Crippen molar-refractivity contribution in [2.24, 2.45) is 5.92 Å². The van der Waals surface area contributed by atoms with Crippen LogP contribution in [0.5, 0.6) is 0 Å². The zero-order chi connectivity index (χ0) is 16.1. The number of hydrogen-bond acceptors (Lipinski definition) is 2. The Labute approximate surface area is 130 Å². The van der Waals surface area contributed by atoms with Gasteiger partial charge in [0.2, 0.25) is 0 Å². The molecule has 0 radical (unpaired) electrons. The van der Waals surface area contributed by atoms with Gasteiger partial charge in [-0.1, -0.05) is 73.7 Å². The topological polar surface area (TPSA) is 40.5 Å². The SMILES string of the molecule is C/C=C/[C@H](C)[C@@H](O)[C@@](C)(O)CC[Si](C)(C)c1ccccc1. The Kier molecular flexibility index (Phi) is 6.38. The summed E-state index contributed by atoms with van der Waals surface area (Å²) in [5, 5.41) is 22.4. The maximum atomic E-state index is 10.6. The van der Waals surface area contributed by atoms with Crippen molar-refractivity contribution >= 4 is 13.3 Å². The van der Waals surface area contributed by atoms with Crippen LogP contribution in [0.2, 0.25) is 19.1 Å². The molecule has 1 rings (SSSR count). The first kappa shape index (κ1) is 18.1. The van der Waals surface area contributed by atoms with Gasteiger partial charge in [0.05, 0.1) is 19.8 Å². The van der Waals surface area contributed by atoms with Crippen LogP contribution in [0, 0.1) is 5.92 Å². The molecule has 21 heavy (non-hydrogen) atoms. The van der Waals surface area contributed by atoms with Gasteiger partial charge in [0.25, 0.3) is 0 Å². The third kappa shape index (κ3) is 5.10. The van der Waals surface area contributed by atoms with Crippen LogP contribution in [0.15, 0.2) is 42.5 Å². The van der Waals surface area contributed by atoms with Crippen molar-refractivity contribution in [2.45, 2.75) is 58.0 Å². The molecule has 3 heteroatoms. The summed E-state index contributed by atoms with van der Waals surface area (Å²) in [7, 11) is -1.58. The van der Waals surface area contributed by atoms with Gasteiger partial charge in [-0.3, -0.25) is 0 Å². The number of allylic oxidation sites excluding steroid dienone is 1. The van der Waals surface area contributed by atoms with E-state index in [1.165, 1.54) is 5.19 Å². The first-order chi connectivity index (χ1) is 9.70. The van der Waals surface area contributed by atoms with Crippen molar-refractivity contribution in [3.8, 4) is 0 Å². The van der Waals surface area contributed by atoms with Gasteiger partial charge in [-0.05, 0) is 20.3 Å². The Morgan fingerprint density at radius 1 is 1.24 bits per heavy atom. The van der Waals surface area contributed by atoms with Gasteiger partial charge in [0, 0.05) is 5.92 Å². The molecule has 0 heterocycles. The van der Waals surface area contributed by atoms with E-state index in [1.807, 2.05) is 32.1 Å². The van der Waals surface area contributed by atoms with E-state index in [-0.39, 0.29) is 5.92 Å². The molecule has 0 saturated carbocycles. The minimum Gasteiger partial charge on any atom is -0.390 e. The van der Waals surface area contributed by atoms with Crippen LogP contribution in [0.1, 0.15) is 27.2 Å². The van der Waals surface area contributed by atoms with Crippen LogP contribution in [0.3, 0.4) is 0 Å². The van der Waals surface area contributed by atoms with Crippen molar-refractivity contribution in [3.05, 3.63) is 42.5 Å². The molecule has 0 saturated heterocycles. The molecule has 0 aromatic heterocycles. The molecule has 0 unspecified atom stereocenters. The minimum atomic E-state index is -1.58. The van der Waals surface area contributed by atoms with Gasteiger partial charge in [0.15, 0.2) is 0 Å². The standard InChI is InChI=1S/C18H30O2Si/c1-6-10-15(2)17(19)18(3,20)13-14-21(4,5)16-11-8-7-9-12-16/h6-12,15,17,19-20H,13-14H2,1-5H3/b10-6+/t15-,17+,18-/m0/s1. The molecule has 0 aliphatic carbocycles. The van der Waals surface area contributed by atoms with Gasteiger partial charge in [-0.2, -0.15) is 0 Å². The predicted octanol–water partition coefficient (Wildman–Crippen LogP) is 3.32. The van der Waals surface area contributed by atoms with Crippen LogP contribution < -0.4 is 5.19 Å². The second-order valence-electron chi connectivity index (χ2n) is 6.94. The molecule has 2 nitrogen and oxygen atoms in total.